The molecular weight excluding hydrogens is 212 g/mol. The second-order valence-electron chi connectivity index (χ2n) is 3.38. The molecule has 0 aliphatic heterocycles. The molecule has 0 aliphatic carbocycles. The molecule has 0 amide bonds. The maximum Gasteiger partial charge on any atom is 0.333 e. The Bertz CT molecular complexity index is 189. The van der Waals surface area contributed by atoms with Gasteiger partial charge in [0.1, 0.15) is 0 Å². The average Bonchev–Trinajstić information content (AvgIpc) is 2.24. The minimum atomic E-state index is -0.560. The first-order valence-electron chi connectivity index (χ1n) is 5.18. The topological polar surface area (TPSA) is 87.0 Å². The lowest BCUT2D eigenvalue weighted by atomic mass is 10.3. The Kier molecular flexibility index (Phi) is 13.3. The fourth-order valence-corrected chi connectivity index (χ4v) is 0.502. The molecule has 0 aromatic rings. The highest BCUT2D eigenvalue weighted by Crippen LogP contribution is 1.94. The Morgan fingerprint density at radius 1 is 1.38 bits per heavy atom. The van der Waals surface area contributed by atoms with E-state index in [0.717, 1.165) is 0 Å². The van der Waals surface area contributed by atoms with Gasteiger partial charge in [0, 0.05) is 12.2 Å². The molecule has 96 valence electrons. The Labute approximate surface area is 96.4 Å². The Hall–Kier alpha value is -0.910. The van der Waals surface area contributed by atoms with Gasteiger partial charge in [-0.25, -0.2) is 4.79 Å². The van der Waals surface area contributed by atoms with Gasteiger partial charge in [-0.3, -0.25) is 0 Å². The van der Waals surface area contributed by atoms with E-state index in [1.54, 1.807) is 6.92 Å². The molecule has 0 aromatic heterocycles. The van der Waals surface area contributed by atoms with Crippen molar-refractivity contribution in [3.8, 4) is 0 Å². The lowest BCUT2D eigenvalue weighted by Crippen LogP contribution is -2.06. The zero-order valence-corrected chi connectivity index (χ0v) is 9.98. The molecule has 0 aromatic carbocycles. The molecule has 0 saturated carbocycles. The van der Waals surface area contributed by atoms with Crippen LogP contribution < -0.4 is 0 Å². The number of carbonyl (C=O) groups excluding carboxylic acids is 1. The molecule has 0 saturated heterocycles. The fourth-order valence-electron chi connectivity index (χ4n) is 0.502. The highest BCUT2D eigenvalue weighted by Gasteiger charge is 2.00. The molecule has 3 N–H and O–H groups in total. The second kappa shape index (κ2) is 12.2. The number of ether oxygens (including phenoxy) is 1. The summed E-state index contributed by atoms with van der Waals surface area (Å²) in [6.07, 6.45) is 0.814. The van der Waals surface area contributed by atoms with Crippen molar-refractivity contribution in [1.82, 2.24) is 0 Å². The maximum absolute atomic E-state index is 10.7. The van der Waals surface area contributed by atoms with E-state index in [0.29, 0.717) is 25.0 Å². The normalized spacial score (nSPS) is 11.1. The van der Waals surface area contributed by atoms with Crippen molar-refractivity contribution in [2.45, 2.75) is 32.8 Å². The van der Waals surface area contributed by atoms with Crippen molar-refractivity contribution >= 4 is 5.97 Å². The summed E-state index contributed by atoms with van der Waals surface area (Å²) in [7, 11) is 0. The monoisotopic (exact) mass is 234 g/mol. The van der Waals surface area contributed by atoms with Gasteiger partial charge in [-0.05, 0) is 26.7 Å². The molecule has 0 rings (SSSR count). The zero-order chi connectivity index (χ0) is 13.0. The van der Waals surface area contributed by atoms with Crippen molar-refractivity contribution in [1.29, 1.82) is 0 Å². The van der Waals surface area contributed by atoms with Crippen LogP contribution in [0.15, 0.2) is 12.2 Å². The van der Waals surface area contributed by atoms with E-state index in [1.165, 1.54) is 6.92 Å². The summed E-state index contributed by atoms with van der Waals surface area (Å²) in [5.41, 5.74) is 0.411. The molecule has 0 radical (unpaired) electrons. The Balaban J connectivity index is 0. The number of hydrogen-bond donors (Lipinski definition) is 3. The third-order valence-electron chi connectivity index (χ3n) is 1.40. The summed E-state index contributed by atoms with van der Waals surface area (Å²) >= 11 is 0. The van der Waals surface area contributed by atoms with Crippen LogP contribution in [0.3, 0.4) is 0 Å². The van der Waals surface area contributed by atoms with Crippen molar-refractivity contribution in [3.05, 3.63) is 12.2 Å². The molecule has 1 unspecified atom stereocenters. The van der Waals surface area contributed by atoms with E-state index >= 15 is 0 Å². The van der Waals surface area contributed by atoms with Gasteiger partial charge in [0.15, 0.2) is 0 Å². The van der Waals surface area contributed by atoms with Gasteiger partial charge in [0.05, 0.1) is 19.3 Å². The molecule has 0 bridgehead atoms. The van der Waals surface area contributed by atoms with Gasteiger partial charge < -0.3 is 20.1 Å². The fraction of sp³-hybridized carbons (Fsp3) is 0.727. The van der Waals surface area contributed by atoms with Gasteiger partial charge in [-0.2, -0.15) is 0 Å². The zero-order valence-electron chi connectivity index (χ0n) is 9.98. The van der Waals surface area contributed by atoms with Crippen LogP contribution in [0, 0.1) is 0 Å². The van der Waals surface area contributed by atoms with Crippen LogP contribution in [-0.2, 0) is 9.53 Å². The molecule has 5 heteroatoms. The van der Waals surface area contributed by atoms with Crippen LogP contribution in [0.2, 0.25) is 0 Å². The van der Waals surface area contributed by atoms with Gasteiger partial charge in [0.25, 0.3) is 0 Å². The van der Waals surface area contributed by atoms with E-state index in [9.17, 15) is 4.79 Å². The van der Waals surface area contributed by atoms with Gasteiger partial charge in [0.2, 0.25) is 0 Å². The Morgan fingerprint density at radius 2 is 1.88 bits per heavy atom. The SMILES string of the molecule is C=C(C)C(=O)OCCCCO.CC(O)CO. The van der Waals surface area contributed by atoms with Gasteiger partial charge >= 0.3 is 5.97 Å². The molecule has 0 spiro atoms. The van der Waals surface area contributed by atoms with Crippen molar-refractivity contribution in [3.63, 3.8) is 0 Å². The number of aliphatic hydroxyl groups is 3. The molecule has 0 fully saturated rings. The molecule has 16 heavy (non-hydrogen) atoms. The summed E-state index contributed by atoms with van der Waals surface area (Å²) < 4.78 is 4.76. The lowest BCUT2D eigenvalue weighted by molar-refractivity contribution is -0.139. The quantitative estimate of drug-likeness (QED) is 0.348. The van der Waals surface area contributed by atoms with Gasteiger partial charge in [-0.1, -0.05) is 6.58 Å². The number of hydrogen-bond acceptors (Lipinski definition) is 5. The van der Waals surface area contributed by atoms with E-state index in [2.05, 4.69) is 6.58 Å². The number of carbonyl (C=O) groups is 1. The Morgan fingerprint density at radius 3 is 2.19 bits per heavy atom. The number of aliphatic hydroxyl groups excluding tert-OH is 3. The predicted octanol–water partition coefficient (Wildman–Crippen LogP) is 0.238. The third-order valence-corrected chi connectivity index (χ3v) is 1.40. The summed E-state index contributed by atoms with van der Waals surface area (Å²) in [6.45, 7) is 6.94. The number of esters is 1. The minimum absolute atomic E-state index is 0.139. The lowest BCUT2D eigenvalue weighted by Gasteiger charge is -2.01. The van der Waals surface area contributed by atoms with Crippen LogP contribution in [0.4, 0.5) is 0 Å². The van der Waals surface area contributed by atoms with Crippen LogP contribution in [0.25, 0.3) is 0 Å². The minimum Gasteiger partial charge on any atom is -0.462 e. The third kappa shape index (κ3) is 15.6. The first-order valence-corrected chi connectivity index (χ1v) is 5.18. The van der Waals surface area contributed by atoms with Crippen LogP contribution >= 0.6 is 0 Å². The van der Waals surface area contributed by atoms with Crippen molar-refractivity contribution < 1.29 is 24.9 Å². The second-order valence-corrected chi connectivity index (χ2v) is 3.38. The summed E-state index contributed by atoms with van der Waals surface area (Å²) in [5.74, 6) is -0.358. The first kappa shape index (κ1) is 17.5. The molecule has 0 heterocycles. The predicted molar refractivity (Wildman–Crippen MR) is 60.9 cm³/mol. The highest BCUT2D eigenvalue weighted by molar-refractivity contribution is 5.86. The molecule has 1 atom stereocenters. The number of unbranched alkanes of at least 4 members (excludes halogenated alkanes) is 1. The summed E-state index contributed by atoms with van der Waals surface area (Å²) in [4.78, 5) is 10.7. The van der Waals surface area contributed by atoms with Crippen LogP contribution in [-0.4, -0.2) is 47.2 Å². The first-order chi connectivity index (χ1) is 7.45. The average molecular weight is 234 g/mol. The molecule has 0 aliphatic rings. The van der Waals surface area contributed by atoms with E-state index in [-0.39, 0.29) is 19.2 Å². The highest BCUT2D eigenvalue weighted by atomic mass is 16.5. The van der Waals surface area contributed by atoms with Crippen molar-refractivity contribution in [2.24, 2.45) is 0 Å². The summed E-state index contributed by atoms with van der Waals surface area (Å²) in [5, 5.41) is 24.4. The van der Waals surface area contributed by atoms with Gasteiger partial charge in [-0.15, -0.1) is 0 Å². The van der Waals surface area contributed by atoms with Crippen molar-refractivity contribution in [2.75, 3.05) is 19.8 Å². The number of rotatable bonds is 6. The maximum atomic E-state index is 10.7. The molecule has 5 nitrogen and oxygen atoms in total. The van der Waals surface area contributed by atoms with E-state index in [4.69, 9.17) is 20.1 Å². The van der Waals surface area contributed by atoms with Crippen LogP contribution in [0.1, 0.15) is 26.7 Å². The smallest absolute Gasteiger partial charge is 0.333 e. The van der Waals surface area contributed by atoms with E-state index < -0.39 is 6.10 Å². The van der Waals surface area contributed by atoms with Crippen LogP contribution in [0.5, 0.6) is 0 Å². The van der Waals surface area contributed by atoms with E-state index in [1.807, 2.05) is 0 Å². The summed E-state index contributed by atoms with van der Waals surface area (Å²) in [6, 6.07) is 0. The largest absolute Gasteiger partial charge is 0.462 e. The molecular formula is C11H22O5. The standard InChI is InChI=1S/C8H14O3.C3H8O2/c1-7(2)8(10)11-6-4-3-5-9;1-3(5)2-4/h9H,1,3-6H2,2H3;3-5H,2H2,1H3.